The summed E-state index contributed by atoms with van der Waals surface area (Å²) in [6.45, 7) is 1.34. The van der Waals surface area contributed by atoms with Crippen LogP contribution in [0.4, 0.5) is 5.69 Å². The van der Waals surface area contributed by atoms with Crippen LogP contribution in [-0.4, -0.2) is 24.7 Å². The van der Waals surface area contributed by atoms with Crippen LogP contribution in [0.15, 0.2) is 29.4 Å². The summed E-state index contributed by atoms with van der Waals surface area (Å²) in [5.41, 5.74) is 6.32. The molecular weight excluding hydrogens is 238 g/mol. The molecule has 1 amide bonds. The van der Waals surface area contributed by atoms with Crippen molar-refractivity contribution in [1.82, 2.24) is 5.43 Å². The summed E-state index contributed by atoms with van der Waals surface area (Å²) in [6, 6.07) is 8.34. The van der Waals surface area contributed by atoms with Crippen molar-refractivity contribution in [2.45, 2.75) is 32.1 Å². The minimum absolute atomic E-state index is 0.0175. The second-order valence-corrected chi connectivity index (χ2v) is 5.22. The molecule has 100 valence electrons. The number of hydrazone groups is 1. The zero-order valence-electron chi connectivity index (χ0n) is 11.1. The highest BCUT2D eigenvalue weighted by Gasteiger charge is 2.18. The summed E-state index contributed by atoms with van der Waals surface area (Å²) in [5, 5.41) is 4.14. The van der Waals surface area contributed by atoms with Gasteiger partial charge >= 0.3 is 0 Å². The maximum absolute atomic E-state index is 11.9. The third-order valence-electron chi connectivity index (χ3n) is 3.81. The fourth-order valence-electron chi connectivity index (χ4n) is 2.57. The van der Waals surface area contributed by atoms with E-state index in [1.807, 2.05) is 6.07 Å². The molecule has 0 saturated heterocycles. The fraction of sp³-hybridized carbons (Fsp3) is 0.467. The first-order valence-corrected chi connectivity index (χ1v) is 7.00. The fourth-order valence-corrected chi connectivity index (χ4v) is 2.57. The molecule has 2 aliphatic rings. The van der Waals surface area contributed by atoms with E-state index >= 15 is 0 Å². The Bertz CT molecular complexity index is 504. The lowest BCUT2D eigenvalue weighted by Gasteiger charge is -2.30. The lowest BCUT2D eigenvalue weighted by Crippen LogP contribution is -2.38. The molecule has 1 N–H and O–H groups in total. The Hall–Kier alpha value is -1.84. The van der Waals surface area contributed by atoms with E-state index in [4.69, 9.17) is 0 Å². The molecule has 4 heteroatoms. The molecular formula is C15H19N3O. The number of hydrogen-bond donors (Lipinski definition) is 1. The average molecular weight is 257 g/mol. The number of nitrogens with zero attached hydrogens (tertiary/aromatic N) is 2. The maximum atomic E-state index is 11.9. The second kappa shape index (κ2) is 5.43. The van der Waals surface area contributed by atoms with Gasteiger partial charge in [-0.3, -0.25) is 4.79 Å². The topological polar surface area (TPSA) is 44.7 Å². The Morgan fingerprint density at radius 1 is 1.21 bits per heavy atom. The number of hydrogen-bond acceptors (Lipinski definition) is 3. The molecule has 0 bridgehead atoms. The molecule has 3 rings (SSSR count). The molecule has 1 aliphatic heterocycles. The summed E-state index contributed by atoms with van der Waals surface area (Å²) >= 11 is 0. The van der Waals surface area contributed by atoms with Gasteiger partial charge in [-0.1, -0.05) is 18.2 Å². The Kier molecular flexibility index (Phi) is 3.49. The van der Waals surface area contributed by atoms with Crippen LogP contribution in [0.25, 0.3) is 0 Å². The maximum Gasteiger partial charge on any atom is 0.259 e. The van der Waals surface area contributed by atoms with Crippen LogP contribution in [0.1, 0.15) is 31.2 Å². The van der Waals surface area contributed by atoms with E-state index in [9.17, 15) is 4.79 Å². The first kappa shape index (κ1) is 12.2. The van der Waals surface area contributed by atoms with Crippen LogP contribution in [-0.2, 0) is 11.2 Å². The van der Waals surface area contributed by atoms with Gasteiger partial charge in [-0.15, -0.1) is 0 Å². The summed E-state index contributed by atoms with van der Waals surface area (Å²) in [6.07, 6.45) is 5.49. The van der Waals surface area contributed by atoms with E-state index in [0.717, 1.165) is 37.9 Å². The first-order valence-electron chi connectivity index (χ1n) is 7.00. The Morgan fingerprint density at radius 2 is 2.05 bits per heavy atom. The van der Waals surface area contributed by atoms with Gasteiger partial charge in [0, 0.05) is 17.9 Å². The number of carbonyl (C=O) groups excluding carboxylic acids is 1. The van der Waals surface area contributed by atoms with Crippen molar-refractivity contribution in [1.29, 1.82) is 0 Å². The molecule has 1 aliphatic carbocycles. The Labute approximate surface area is 113 Å². The van der Waals surface area contributed by atoms with Gasteiger partial charge in [0.1, 0.15) is 0 Å². The molecule has 0 spiro atoms. The van der Waals surface area contributed by atoms with Gasteiger partial charge in [0.05, 0.1) is 6.54 Å². The number of para-hydroxylation sites is 1. The van der Waals surface area contributed by atoms with Crippen molar-refractivity contribution in [2.24, 2.45) is 5.10 Å². The van der Waals surface area contributed by atoms with Gasteiger partial charge in [-0.2, -0.15) is 5.10 Å². The van der Waals surface area contributed by atoms with Crippen molar-refractivity contribution in [3.63, 3.8) is 0 Å². The number of rotatable bonds is 3. The predicted octanol–water partition coefficient (Wildman–Crippen LogP) is 2.10. The molecule has 0 aromatic heterocycles. The van der Waals surface area contributed by atoms with Crippen LogP contribution in [0.3, 0.4) is 0 Å². The number of carbonyl (C=O) groups is 1. The normalized spacial score (nSPS) is 17.5. The smallest absolute Gasteiger partial charge is 0.259 e. The first-order chi connectivity index (χ1) is 9.33. The highest BCUT2D eigenvalue weighted by Crippen LogP contribution is 2.26. The van der Waals surface area contributed by atoms with Crippen LogP contribution in [0, 0.1) is 0 Å². The number of nitrogens with one attached hydrogen (secondary N) is 1. The van der Waals surface area contributed by atoms with E-state index < -0.39 is 0 Å². The molecule has 0 unspecified atom stereocenters. The highest BCUT2D eigenvalue weighted by molar-refractivity contribution is 5.91. The Balaban J connectivity index is 1.62. The van der Waals surface area contributed by atoms with Gasteiger partial charge in [0.2, 0.25) is 0 Å². The third kappa shape index (κ3) is 2.78. The van der Waals surface area contributed by atoms with Crippen LogP contribution in [0.5, 0.6) is 0 Å². The Morgan fingerprint density at radius 3 is 2.84 bits per heavy atom. The standard InChI is InChI=1S/C15H19N3O/c19-15(17-16-13-7-3-8-13)11-18-10-4-6-12-5-1-2-9-14(12)18/h1-2,5,9H,3-4,6-8,10-11H2,(H,17,19). The number of anilines is 1. The van der Waals surface area contributed by atoms with E-state index in [2.05, 4.69) is 33.6 Å². The average Bonchev–Trinajstić information content (AvgIpc) is 2.37. The second-order valence-electron chi connectivity index (χ2n) is 5.22. The van der Waals surface area contributed by atoms with Gasteiger partial charge in [0.25, 0.3) is 5.91 Å². The summed E-state index contributed by atoms with van der Waals surface area (Å²) in [4.78, 5) is 14.1. The van der Waals surface area contributed by atoms with E-state index in [0.29, 0.717) is 6.54 Å². The molecule has 0 radical (unpaired) electrons. The largest absolute Gasteiger partial charge is 0.362 e. The molecule has 4 nitrogen and oxygen atoms in total. The minimum Gasteiger partial charge on any atom is -0.362 e. The lowest BCUT2D eigenvalue weighted by atomic mass is 9.98. The zero-order chi connectivity index (χ0) is 13.1. The molecule has 1 aromatic carbocycles. The zero-order valence-corrected chi connectivity index (χ0v) is 11.1. The van der Waals surface area contributed by atoms with E-state index in [1.165, 1.54) is 17.7 Å². The molecule has 1 aromatic rings. The SMILES string of the molecule is O=C(CN1CCCc2ccccc21)NN=C1CCC1. The van der Waals surface area contributed by atoms with Crippen LogP contribution >= 0.6 is 0 Å². The number of aryl methyl sites for hydroxylation is 1. The highest BCUT2D eigenvalue weighted by atomic mass is 16.2. The van der Waals surface area contributed by atoms with Crippen LogP contribution in [0.2, 0.25) is 0 Å². The molecule has 1 heterocycles. The molecule has 0 atom stereocenters. The van der Waals surface area contributed by atoms with Crippen molar-refractivity contribution in [2.75, 3.05) is 18.0 Å². The summed E-state index contributed by atoms with van der Waals surface area (Å²) in [5.74, 6) is -0.0175. The predicted molar refractivity (Wildman–Crippen MR) is 76.4 cm³/mol. The van der Waals surface area contributed by atoms with Crippen molar-refractivity contribution in [3.8, 4) is 0 Å². The summed E-state index contributed by atoms with van der Waals surface area (Å²) in [7, 11) is 0. The summed E-state index contributed by atoms with van der Waals surface area (Å²) < 4.78 is 0. The quantitative estimate of drug-likeness (QED) is 0.843. The van der Waals surface area contributed by atoms with Crippen LogP contribution < -0.4 is 10.3 Å². The number of fused-ring (bicyclic) bond motifs is 1. The van der Waals surface area contributed by atoms with E-state index in [1.54, 1.807) is 0 Å². The van der Waals surface area contributed by atoms with E-state index in [-0.39, 0.29) is 5.91 Å². The van der Waals surface area contributed by atoms with Crippen molar-refractivity contribution >= 4 is 17.3 Å². The lowest BCUT2D eigenvalue weighted by molar-refractivity contribution is -0.119. The van der Waals surface area contributed by atoms with Gasteiger partial charge in [-0.25, -0.2) is 5.43 Å². The monoisotopic (exact) mass is 257 g/mol. The molecule has 1 fully saturated rings. The number of benzene rings is 1. The van der Waals surface area contributed by atoms with Crippen molar-refractivity contribution < 1.29 is 4.79 Å². The third-order valence-corrected chi connectivity index (χ3v) is 3.81. The van der Waals surface area contributed by atoms with Gasteiger partial charge < -0.3 is 4.90 Å². The number of amides is 1. The van der Waals surface area contributed by atoms with Gasteiger partial charge in [-0.05, 0) is 43.7 Å². The van der Waals surface area contributed by atoms with Crippen molar-refractivity contribution in [3.05, 3.63) is 29.8 Å². The minimum atomic E-state index is -0.0175. The molecule has 1 saturated carbocycles. The van der Waals surface area contributed by atoms with Gasteiger partial charge in [0.15, 0.2) is 0 Å². The molecule has 19 heavy (non-hydrogen) atoms.